The number of ether oxygens (including phenoxy) is 1. The van der Waals surface area contributed by atoms with Crippen LogP contribution in [0.25, 0.3) is 0 Å². The van der Waals surface area contributed by atoms with Crippen molar-refractivity contribution in [1.29, 1.82) is 5.26 Å². The highest BCUT2D eigenvalue weighted by molar-refractivity contribution is 7.89. The smallest absolute Gasteiger partial charge is 0.215 e. The number of morpholine rings is 1. The second-order valence-electron chi connectivity index (χ2n) is 4.53. The summed E-state index contributed by atoms with van der Waals surface area (Å²) in [4.78, 5) is 0. The van der Waals surface area contributed by atoms with Gasteiger partial charge in [-0.15, -0.1) is 0 Å². The summed E-state index contributed by atoms with van der Waals surface area (Å²) in [5, 5.41) is 11.7. The summed E-state index contributed by atoms with van der Waals surface area (Å²) in [6.07, 6.45) is 0. The van der Waals surface area contributed by atoms with Crippen LogP contribution in [0.5, 0.6) is 0 Å². The quantitative estimate of drug-likeness (QED) is 0.868. The Bertz CT molecular complexity index is 637. The highest BCUT2D eigenvalue weighted by Crippen LogP contribution is 2.17. The van der Waals surface area contributed by atoms with Gasteiger partial charge in [-0.1, -0.05) is 6.07 Å². The standard InChI is InChI=1S/C13H16FN3O3S/c14-12-2-1-3-13(11(12)10-15)16-4-9-21(18,19)17-5-7-20-8-6-17/h1-3,16H,4-9H2. The van der Waals surface area contributed by atoms with Gasteiger partial charge in [0, 0.05) is 19.6 Å². The van der Waals surface area contributed by atoms with Crippen LogP contribution in [0, 0.1) is 17.1 Å². The molecule has 0 saturated carbocycles. The van der Waals surface area contributed by atoms with Crippen LogP contribution in [0.15, 0.2) is 18.2 Å². The number of hydrogen-bond donors (Lipinski definition) is 1. The molecule has 6 nitrogen and oxygen atoms in total. The molecule has 0 radical (unpaired) electrons. The number of sulfonamides is 1. The van der Waals surface area contributed by atoms with Crippen LogP contribution in [-0.4, -0.2) is 51.3 Å². The fourth-order valence-electron chi connectivity index (χ4n) is 2.05. The van der Waals surface area contributed by atoms with Crippen molar-refractivity contribution in [1.82, 2.24) is 4.31 Å². The van der Waals surface area contributed by atoms with Crippen molar-refractivity contribution in [2.45, 2.75) is 0 Å². The summed E-state index contributed by atoms with van der Waals surface area (Å²) in [6, 6.07) is 5.96. The van der Waals surface area contributed by atoms with E-state index in [0.29, 0.717) is 32.0 Å². The van der Waals surface area contributed by atoms with Gasteiger partial charge in [0.15, 0.2) is 0 Å². The monoisotopic (exact) mass is 313 g/mol. The summed E-state index contributed by atoms with van der Waals surface area (Å²) < 4.78 is 44.1. The fourth-order valence-corrected chi connectivity index (χ4v) is 3.38. The first-order valence-corrected chi connectivity index (χ1v) is 8.13. The number of halogens is 1. The molecule has 1 fully saturated rings. The lowest BCUT2D eigenvalue weighted by Gasteiger charge is -2.26. The molecular formula is C13H16FN3O3S. The van der Waals surface area contributed by atoms with E-state index >= 15 is 0 Å². The van der Waals surface area contributed by atoms with Crippen LogP contribution in [0.2, 0.25) is 0 Å². The molecule has 1 aliphatic rings. The van der Waals surface area contributed by atoms with Gasteiger partial charge in [0.1, 0.15) is 17.4 Å². The number of rotatable bonds is 5. The van der Waals surface area contributed by atoms with Crippen LogP contribution in [0.4, 0.5) is 10.1 Å². The van der Waals surface area contributed by atoms with Crippen molar-refractivity contribution < 1.29 is 17.5 Å². The number of anilines is 1. The highest BCUT2D eigenvalue weighted by atomic mass is 32.2. The molecule has 0 aliphatic carbocycles. The number of hydrogen-bond acceptors (Lipinski definition) is 5. The predicted molar refractivity (Wildman–Crippen MR) is 75.8 cm³/mol. The van der Waals surface area contributed by atoms with Gasteiger partial charge in [-0.2, -0.15) is 9.57 Å². The van der Waals surface area contributed by atoms with Gasteiger partial charge in [0.25, 0.3) is 0 Å². The minimum absolute atomic E-state index is 0.109. The maximum atomic E-state index is 13.4. The Morgan fingerprint density at radius 1 is 1.38 bits per heavy atom. The number of benzene rings is 1. The molecule has 1 saturated heterocycles. The van der Waals surface area contributed by atoms with Crippen molar-refractivity contribution in [3.8, 4) is 6.07 Å². The molecule has 0 bridgehead atoms. The number of nitriles is 1. The third-order valence-electron chi connectivity index (χ3n) is 3.16. The van der Waals surface area contributed by atoms with Gasteiger partial charge < -0.3 is 10.1 Å². The zero-order valence-electron chi connectivity index (χ0n) is 11.4. The van der Waals surface area contributed by atoms with Crippen molar-refractivity contribution in [2.24, 2.45) is 0 Å². The lowest BCUT2D eigenvalue weighted by atomic mass is 10.2. The van der Waals surface area contributed by atoms with E-state index in [2.05, 4.69) is 5.32 Å². The largest absolute Gasteiger partial charge is 0.383 e. The molecule has 1 aromatic rings. The van der Waals surface area contributed by atoms with Crippen molar-refractivity contribution in [2.75, 3.05) is 43.9 Å². The Morgan fingerprint density at radius 2 is 2.10 bits per heavy atom. The van der Waals surface area contributed by atoms with E-state index in [9.17, 15) is 12.8 Å². The van der Waals surface area contributed by atoms with E-state index in [1.54, 1.807) is 12.1 Å². The Balaban J connectivity index is 1.95. The van der Waals surface area contributed by atoms with E-state index in [1.165, 1.54) is 16.4 Å². The molecule has 1 heterocycles. The average molecular weight is 313 g/mol. The first-order valence-electron chi connectivity index (χ1n) is 6.52. The predicted octanol–water partition coefficient (Wildman–Crippen LogP) is 0.771. The second-order valence-corrected chi connectivity index (χ2v) is 6.62. The molecule has 1 N–H and O–H groups in total. The number of nitrogens with zero attached hydrogens (tertiary/aromatic N) is 2. The van der Waals surface area contributed by atoms with Crippen molar-refractivity contribution in [3.63, 3.8) is 0 Å². The van der Waals surface area contributed by atoms with Gasteiger partial charge in [0.2, 0.25) is 10.0 Å². The third kappa shape index (κ3) is 3.91. The molecular weight excluding hydrogens is 297 g/mol. The average Bonchev–Trinajstić information content (AvgIpc) is 2.48. The molecule has 2 rings (SSSR count). The second kappa shape index (κ2) is 6.85. The van der Waals surface area contributed by atoms with Crippen molar-refractivity contribution in [3.05, 3.63) is 29.6 Å². The Morgan fingerprint density at radius 3 is 2.76 bits per heavy atom. The van der Waals surface area contributed by atoms with Crippen LogP contribution in [0.3, 0.4) is 0 Å². The molecule has 0 atom stereocenters. The summed E-state index contributed by atoms with van der Waals surface area (Å²) in [5.41, 5.74) is 0.191. The summed E-state index contributed by atoms with van der Waals surface area (Å²) in [7, 11) is -3.37. The molecule has 21 heavy (non-hydrogen) atoms. The first kappa shape index (κ1) is 15.7. The maximum absolute atomic E-state index is 13.4. The van der Waals surface area contributed by atoms with Gasteiger partial charge in [-0.05, 0) is 12.1 Å². The van der Waals surface area contributed by atoms with Gasteiger partial charge in [-0.25, -0.2) is 12.8 Å². The summed E-state index contributed by atoms with van der Waals surface area (Å²) in [6.45, 7) is 1.61. The van der Waals surface area contributed by atoms with Crippen LogP contribution < -0.4 is 5.32 Å². The zero-order chi connectivity index (χ0) is 15.3. The van der Waals surface area contributed by atoms with Gasteiger partial charge in [0.05, 0.1) is 24.7 Å². The van der Waals surface area contributed by atoms with E-state index in [1.807, 2.05) is 0 Å². The molecule has 0 spiro atoms. The molecule has 0 aromatic heterocycles. The topological polar surface area (TPSA) is 82.4 Å². The van der Waals surface area contributed by atoms with E-state index < -0.39 is 15.8 Å². The first-order chi connectivity index (χ1) is 10.0. The zero-order valence-corrected chi connectivity index (χ0v) is 12.2. The van der Waals surface area contributed by atoms with Crippen molar-refractivity contribution >= 4 is 15.7 Å². The van der Waals surface area contributed by atoms with E-state index in [0.717, 1.165) is 0 Å². The lowest BCUT2D eigenvalue weighted by Crippen LogP contribution is -2.42. The fraction of sp³-hybridized carbons (Fsp3) is 0.462. The summed E-state index contributed by atoms with van der Waals surface area (Å²) >= 11 is 0. The maximum Gasteiger partial charge on any atom is 0.215 e. The Hall–Kier alpha value is -1.69. The molecule has 0 unspecified atom stereocenters. The van der Waals surface area contributed by atoms with Crippen LogP contribution in [0.1, 0.15) is 5.56 Å². The lowest BCUT2D eigenvalue weighted by molar-refractivity contribution is 0.0731. The van der Waals surface area contributed by atoms with E-state index in [4.69, 9.17) is 10.00 Å². The highest BCUT2D eigenvalue weighted by Gasteiger charge is 2.23. The molecule has 8 heteroatoms. The third-order valence-corrected chi connectivity index (χ3v) is 5.04. The minimum atomic E-state index is -3.37. The van der Waals surface area contributed by atoms with E-state index in [-0.39, 0.29) is 17.9 Å². The van der Waals surface area contributed by atoms with Gasteiger partial charge >= 0.3 is 0 Å². The SMILES string of the molecule is N#Cc1c(F)cccc1NCCS(=O)(=O)N1CCOCC1. The summed E-state index contributed by atoms with van der Waals surface area (Å²) in [5.74, 6) is -0.743. The normalized spacial score (nSPS) is 16.4. The number of nitrogens with one attached hydrogen (secondary N) is 1. The molecule has 114 valence electrons. The minimum Gasteiger partial charge on any atom is -0.383 e. The van der Waals surface area contributed by atoms with Crippen LogP contribution in [-0.2, 0) is 14.8 Å². The molecule has 1 aromatic carbocycles. The van der Waals surface area contributed by atoms with Crippen LogP contribution >= 0.6 is 0 Å². The van der Waals surface area contributed by atoms with Gasteiger partial charge in [-0.3, -0.25) is 0 Å². The molecule has 0 amide bonds. The molecule has 1 aliphatic heterocycles. The Labute approximate surface area is 123 Å². The Kier molecular flexibility index (Phi) is 5.12.